The Morgan fingerprint density at radius 3 is 2.39 bits per heavy atom. The lowest BCUT2D eigenvalue weighted by atomic mass is 10.1. The number of carbonyl (C=O) groups is 3. The number of nitrogens with one attached hydrogen (secondary N) is 3. The first-order valence-corrected chi connectivity index (χ1v) is 9.60. The fraction of sp³-hybridized carbons (Fsp3) is 0.273. The van der Waals surface area contributed by atoms with Gasteiger partial charge in [-0.05, 0) is 31.0 Å². The molecule has 2 aromatic carbocycles. The largest absolute Gasteiger partial charge is 0.497 e. The quantitative estimate of drug-likeness (QED) is 0.321. The van der Waals surface area contributed by atoms with Crippen LogP contribution in [-0.2, 0) is 20.8 Å². The Labute approximate surface area is 180 Å². The third-order valence-corrected chi connectivity index (χ3v) is 4.20. The van der Waals surface area contributed by atoms with E-state index in [2.05, 4.69) is 21.2 Å². The zero-order valence-electron chi connectivity index (χ0n) is 17.7. The second-order valence-electron chi connectivity index (χ2n) is 6.57. The molecular weight excluding hydrogens is 400 g/mol. The van der Waals surface area contributed by atoms with E-state index in [4.69, 9.17) is 9.47 Å². The number of anilines is 1. The SMILES string of the molecule is COc1ccc(OC)c(NC(=O)C(=O)N/N=C(\C)CC(=O)NCCc2ccccc2)c1. The molecule has 0 spiro atoms. The summed E-state index contributed by atoms with van der Waals surface area (Å²) >= 11 is 0. The molecule has 2 aromatic rings. The van der Waals surface area contributed by atoms with Gasteiger partial charge >= 0.3 is 11.8 Å². The van der Waals surface area contributed by atoms with Crippen LogP contribution >= 0.6 is 0 Å². The maximum atomic E-state index is 12.1. The van der Waals surface area contributed by atoms with Crippen molar-refractivity contribution in [3.63, 3.8) is 0 Å². The molecule has 0 atom stereocenters. The van der Waals surface area contributed by atoms with Crippen molar-refractivity contribution in [3.05, 3.63) is 54.1 Å². The van der Waals surface area contributed by atoms with Gasteiger partial charge in [-0.2, -0.15) is 5.10 Å². The van der Waals surface area contributed by atoms with Crippen LogP contribution in [0.1, 0.15) is 18.9 Å². The molecule has 0 bridgehead atoms. The van der Waals surface area contributed by atoms with E-state index in [0.29, 0.717) is 30.2 Å². The van der Waals surface area contributed by atoms with Crippen LogP contribution in [0, 0.1) is 0 Å². The normalized spacial score (nSPS) is 10.7. The van der Waals surface area contributed by atoms with Gasteiger partial charge in [0, 0.05) is 18.3 Å². The summed E-state index contributed by atoms with van der Waals surface area (Å²) in [6.45, 7) is 2.08. The molecule has 0 radical (unpaired) electrons. The predicted molar refractivity (Wildman–Crippen MR) is 117 cm³/mol. The number of benzene rings is 2. The molecule has 3 N–H and O–H groups in total. The van der Waals surface area contributed by atoms with Crippen molar-refractivity contribution >= 4 is 29.1 Å². The molecule has 0 saturated heterocycles. The second-order valence-corrected chi connectivity index (χ2v) is 6.57. The van der Waals surface area contributed by atoms with E-state index >= 15 is 0 Å². The van der Waals surface area contributed by atoms with Gasteiger partial charge < -0.3 is 20.1 Å². The molecule has 0 unspecified atom stereocenters. The molecule has 0 heterocycles. The molecule has 0 aliphatic rings. The number of ether oxygens (including phenoxy) is 2. The third-order valence-electron chi connectivity index (χ3n) is 4.20. The van der Waals surface area contributed by atoms with Crippen LogP contribution in [0.3, 0.4) is 0 Å². The molecule has 9 heteroatoms. The predicted octanol–water partition coefficient (Wildman–Crippen LogP) is 1.88. The summed E-state index contributed by atoms with van der Waals surface area (Å²) in [7, 11) is 2.92. The highest BCUT2D eigenvalue weighted by atomic mass is 16.5. The molecule has 0 aliphatic carbocycles. The van der Waals surface area contributed by atoms with E-state index in [0.717, 1.165) is 5.56 Å². The van der Waals surface area contributed by atoms with Gasteiger partial charge in [0.25, 0.3) is 0 Å². The van der Waals surface area contributed by atoms with Crippen LogP contribution in [-0.4, -0.2) is 44.2 Å². The first-order chi connectivity index (χ1) is 14.9. The Morgan fingerprint density at radius 2 is 1.71 bits per heavy atom. The number of amides is 3. The molecule has 0 fully saturated rings. The van der Waals surface area contributed by atoms with Crippen molar-refractivity contribution in [2.75, 3.05) is 26.1 Å². The van der Waals surface area contributed by atoms with Crippen LogP contribution in [0.2, 0.25) is 0 Å². The van der Waals surface area contributed by atoms with Crippen molar-refractivity contribution < 1.29 is 23.9 Å². The summed E-state index contributed by atoms with van der Waals surface area (Å²) in [5.74, 6) is -1.28. The smallest absolute Gasteiger partial charge is 0.329 e. The van der Waals surface area contributed by atoms with Crippen molar-refractivity contribution in [3.8, 4) is 11.5 Å². The second kappa shape index (κ2) is 12.0. The molecule has 31 heavy (non-hydrogen) atoms. The van der Waals surface area contributed by atoms with E-state index in [1.54, 1.807) is 19.1 Å². The van der Waals surface area contributed by atoms with E-state index in [-0.39, 0.29) is 18.0 Å². The zero-order chi connectivity index (χ0) is 22.6. The Hall–Kier alpha value is -3.88. The van der Waals surface area contributed by atoms with Crippen LogP contribution in [0.4, 0.5) is 5.69 Å². The molecule has 0 aliphatic heterocycles. The Morgan fingerprint density at radius 1 is 0.968 bits per heavy atom. The van der Waals surface area contributed by atoms with Crippen LogP contribution in [0.25, 0.3) is 0 Å². The first-order valence-electron chi connectivity index (χ1n) is 9.60. The number of carbonyl (C=O) groups excluding carboxylic acids is 3. The van der Waals surface area contributed by atoms with E-state index in [1.165, 1.54) is 20.3 Å². The zero-order valence-corrected chi connectivity index (χ0v) is 17.7. The maximum absolute atomic E-state index is 12.1. The number of hydrazone groups is 1. The average Bonchev–Trinajstić information content (AvgIpc) is 2.78. The van der Waals surface area contributed by atoms with Gasteiger partial charge in [0.1, 0.15) is 11.5 Å². The van der Waals surface area contributed by atoms with Crippen LogP contribution in [0.5, 0.6) is 11.5 Å². The van der Waals surface area contributed by atoms with Gasteiger partial charge in [0.15, 0.2) is 0 Å². The first kappa shape index (κ1) is 23.4. The third kappa shape index (κ3) is 7.81. The fourth-order valence-corrected chi connectivity index (χ4v) is 2.61. The van der Waals surface area contributed by atoms with Crippen LogP contribution in [0.15, 0.2) is 53.6 Å². The monoisotopic (exact) mass is 426 g/mol. The summed E-state index contributed by atoms with van der Waals surface area (Å²) in [4.78, 5) is 36.1. The minimum absolute atomic E-state index is 0.000393. The van der Waals surface area contributed by atoms with Gasteiger partial charge in [-0.3, -0.25) is 14.4 Å². The lowest BCUT2D eigenvalue weighted by Gasteiger charge is -2.11. The molecule has 0 aromatic heterocycles. The van der Waals surface area contributed by atoms with Crippen molar-refractivity contribution in [2.45, 2.75) is 19.8 Å². The number of hydrogen-bond donors (Lipinski definition) is 3. The van der Waals surface area contributed by atoms with Gasteiger partial charge in [-0.1, -0.05) is 30.3 Å². The van der Waals surface area contributed by atoms with E-state index in [9.17, 15) is 14.4 Å². The molecule has 164 valence electrons. The molecule has 2 rings (SSSR count). The number of rotatable bonds is 9. The Bertz CT molecular complexity index is 944. The summed E-state index contributed by atoms with van der Waals surface area (Å²) in [5.41, 5.74) is 3.90. The number of hydrogen-bond acceptors (Lipinski definition) is 6. The van der Waals surface area contributed by atoms with Crippen molar-refractivity contribution in [1.82, 2.24) is 10.7 Å². The Balaban J connectivity index is 1.80. The number of nitrogens with zero attached hydrogens (tertiary/aromatic N) is 1. The number of methoxy groups -OCH3 is 2. The van der Waals surface area contributed by atoms with Gasteiger partial charge in [0.2, 0.25) is 5.91 Å². The highest BCUT2D eigenvalue weighted by Gasteiger charge is 2.16. The minimum Gasteiger partial charge on any atom is -0.497 e. The Kier molecular flexibility index (Phi) is 9.03. The molecule has 3 amide bonds. The topological polar surface area (TPSA) is 118 Å². The van der Waals surface area contributed by atoms with E-state index in [1.807, 2.05) is 30.3 Å². The van der Waals surface area contributed by atoms with Gasteiger partial charge in [-0.15, -0.1) is 0 Å². The summed E-state index contributed by atoms with van der Waals surface area (Å²) in [6.07, 6.45) is 0.716. The van der Waals surface area contributed by atoms with Crippen molar-refractivity contribution in [1.29, 1.82) is 0 Å². The van der Waals surface area contributed by atoms with Crippen LogP contribution < -0.4 is 25.5 Å². The standard InChI is InChI=1S/C22H26N4O5/c1-15(13-20(27)23-12-11-16-7-5-4-6-8-16)25-26-22(29)21(28)24-18-14-17(30-2)9-10-19(18)31-3/h4-10,14H,11-13H2,1-3H3,(H,23,27)(H,24,28)(H,26,29)/b25-15+. The minimum atomic E-state index is -0.978. The summed E-state index contributed by atoms with van der Waals surface area (Å²) in [5, 5.41) is 9.04. The van der Waals surface area contributed by atoms with Gasteiger partial charge in [0.05, 0.1) is 26.3 Å². The lowest BCUT2D eigenvalue weighted by molar-refractivity contribution is -0.136. The lowest BCUT2D eigenvalue weighted by Crippen LogP contribution is -2.33. The molecular formula is C22H26N4O5. The van der Waals surface area contributed by atoms with E-state index < -0.39 is 11.8 Å². The maximum Gasteiger partial charge on any atom is 0.329 e. The summed E-state index contributed by atoms with van der Waals surface area (Å²) in [6, 6.07) is 14.6. The highest BCUT2D eigenvalue weighted by Crippen LogP contribution is 2.28. The molecule has 9 nitrogen and oxygen atoms in total. The fourth-order valence-electron chi connectivity index (χ4n) is 2.61. The highest BCUT2D eigenvalue weighted by molar-refractivity contribution is 6.39. The molecule has 0 saturated carbocycles. The summed E-state index contributed by atoms with van der Waals surface area (Å²) < 4.78 is 10.3. The average molecular weight is 426 g/mol. The van der Waals surface area contributed by atoms with Crippen molar-refractivity contribution in [2.24, 2.45) is 5.10 Å². The van der Waals surface area contributed by atoms with Gasteiger partial charge in [-0.25, -0.2) is 5.43 Å².